The van der Waals surface area contributed by atoms with E-state index in [-0.39, 0.29) is 23.5 Å². The summed E-state index contributed by atoms with van der Waals surface area (Å²) in [5, 5.41) is 3.77. The van der Waals surface area contributed by atoms with Gasteiger partial charge in [-0.05, 0) is 32.1 Å². The van der Waals surface area contributed by atoms with Crippen LogP contribution in [-0.2, 0) is 15.6 Å². The lowest BCUT2D eigenvalue weighted by Crippen LogP contribution is -2.48. The van der Waals surface area contributed by atoms with E-state index in [1.54, 1.807) is 0 Å². The molecule has 3 aromatic rings. The summed E-state index contributed by atoms with van der Waals surface area (Å²) in [5.41, 5.74) is 2.81. The molecule has 31 heavy (non-hydrogen) atoms. The minimum Gasteiger partial charge on any atom is -0.454 e. The summed E-state index contributed by atoms with van der Waals surface area (Å²) in [6.45, 7) is 10.8. The van der Waals surface area contributed by atoms with Crippen LogP contribution in [-0.4, -0.2) is 27.7 Å². The van der Waals surface area contributed by atoms with Gasteiger partial charge in [-0.15, -0.1) is 11.3 Å². The van der Waals surface area contributed by atoms with Crippen LogP contribution in [0.2, 0.25) is 0 Å². The monoisotopic (exact) mass is 436 g/mol. The fourth-order valence-corrected chi connectivity index (χ4v) is 6.54. The first kappa shape index (κ1) is 19.0. The molecule has 0 radical (unpaired) electrons. The molecule has 2 aliphatic carbocycles. The lowest BCUT2D eigenvalue weighted by molar-refractivity contribution is -0.125. The van der Waals surface area contributed by atoms with Crippen LogP contribution < -0.4 is 14.8 Å². The summed E-state index contributed by atoms with van der Waals surface area (Å²) < 4.78 is 11.1. The maximum atomic E-state index is 13.9. The Morgan fingerprint density at radius 3 is 2.26 bits per heavy atom. The van der Waals surface area contributed by atoms with E-state index >= 15 is 0 Å². The summed E-state index contributed by atoms with van der Waals surface area (Å²) in [5.74, 6) is 1.32. The molecule has 1 aromatic carbocycles. The number of benzene rings is 1. The van der Waals surface area contributed by atoms with E-state index in [0.29, 0.717) is 16.6 Å². The molecule has 2 unspecified atom stereocenters. The second-order valence-corrected chi connectivity index (χ2v) is 10.8. The molecule has 160 valence electrons. The van der Waals surface area contributed by atoms with Crippen LogP contribution in [0.4, 0.5) is 5.13 Å². The predicted octanol–water partition coefficient (Wildman–Crippen LogP) is 4.40. The van der Waals surface area contributed by atoms with E-state index in [2.05, 4.69) is 31.1 Å². The summed E-state index contributed by atoms with van der Waals surface area (Å²) in [4.78, 5) is 29.6. The van der Waals surface area contributed by atoms with Gasteiger partial charge in [0.05, 0.1) is 33.5 Å². The number of nitrogens with one attached hydrogen (secondary N) is 1. The van der Waals surface area contributed by atoms with E-state index < -0.39 is 5.41 Å². The first-order chi connectivity index (χ1) is 14.7. The van der Waals surface area contributed by atoms with Crippen LogP contribution in [0.1, 0.15) is 55.6 Å². The summed E-state index contributed by atoms with van der Waals surface area (Å²) in [6, 6.07) is 3.76. The smallest absolute Gasteiger partial charge is 0.239 e. The van der Waals surface area contributed by atoms with Gasteiger partial charge in [0.1, 0.15) is 0 Å². The number of nitrogens with zero attached hydrogens (tertiary/aromatic N) is 3. The SMILES string of the molecule is Cc1nc(NC(=O)C23CCC(C)(c4nc5cc6c(cc5nc42)OCO6)C3(C)C)sc1C. The van der Waals surface area contributed by atoms with Gasteiger partial charge < -0.3 is 14.8 Å². The van der Waals surface area contributed by atoms with Crippen LogP contribution in [0, 0.1) is 19.3 Å². The number of aryl methyl sites for hydroxylation is 2. The minimum atomic E-state index is -0.762. The highest BCUT2D eigenvalue weighted by atomic mass is 32.1. The lowest BCUT2D eigenvalue weighted by atomic mass is 9.63. The van der Waals surface area contributed by atoms with Crippen LogP contribution in [0.5, 0.6) is 11.5 Å². The maximum absolute atomic E-state index is 13.9. The molecule has 7 nitrogen and oxygen atoms in total. The van der Waals surface area contributed by atoms with Gasteiger partial charge in [0.2, 0.25) is 12.7 Å². The fourth-order valence-electron chi connectivity index (χ4n) is 5.73. The Morgan fingerprint density at radius 2 is 1.65 bits per heavy atom. The first-order valence-electron chi connectivity index (χ1n) is 10.6. The van der Waals surface area contributed by atoms with Crippen molar-refractivity contribution in [3.8, 4) is 11.5 Å². The number of anilines is 1. The highest BCUT2D eigenvalue weighted by Gasteiger charge is 2.73. The number of aromatic nitrogens is 3. The molecule has 0 spiro atoms. The Hall–Kier alpha value is -2.74. The van der Waals surface area contributed by atoms with Crippen molar-refractivity contribution in [1.82, 2.24) is 15.0 Å². The van der Waals surface area contributed by atoms with E-state index in [1.807, 2.05) is 26.0 Å². The van der Waals surface area contributed by atoms with Crippen molar-refractivity contribution in [3.63, 3.8) is 0 Å². The molecule has 1 amide bonds. The van der Waals surface area contributed by atoms with Crippen molar-refractivity contribution >= 4 is 33.4 Å². The molecular weight excluding hydrogens is 412 g/mol. The third-order valence-electron chi connectivity index (χ3n) is 8.17. The molecule has 0 saturated heterocycles. The van der Waals surface area contributed by atoms with Crippen molar-refractivity contribution in [1.29, 1.82) is 0 Å². The molecule has 2 atom stereocenters. The molecule has 3 aliphatic rings. The predicted molar refractivity (Wildman–Crippen MR) is 118 cm³/mol. The Balaban J connectivity index is 1.54. The highest BCUT2D eigenvalue weighted by Crippen LogP contribution is 2.70. The quantitative estimate of drug-likeness (QED) is 0.641. The number of rotatable bonds is 2. The third-order valence-corrected chi connectivity index (χ3v) is 9.16. The number of fused-ring (bicyclic) bond motifs is 7. The molecule has 3 heterocycles. The molecule has 2 bridgehead atoms. The number of thiazole rings is 1. The molecule has 1 fully saturated rings. The topological polar surface area (TPSA) is 86.2 Å². The fraction of sp³-hybridized carbons (Fsp3) is 0.478. The highest BCUT2D eigenvalue weighted by molar-refractivity contribution is 7.15. The average molecular weight is 437 g/mol. The van der Waals surface area contributed by atoms with Gasteiger partial charge >= 0.3 is 0 Å². The molecular formula is C23H24N4O3S. The zero-order valence-electron chi connectivity index (χ0n) is 18.3. The van der Waals surface area contributed by atoms with Crippen molar-refractivity contribution in [2.24, 2.45) is 5.41 Å². The van der Waals surface area contributed by atoms with Crippen LogP contribution in [0.15, 0.2) is 12.1 Å². The first-order valence-corrected chi connectivity index (χ1v) is 11.4. The number of amides is 1. The van der Waals surface area contributed by atoms with Gasteiger partial charge in [-0.2, -0.15) is 0 Å². The second kappa shape index (κ2) is 5.73. The standard InChI is InChI=1S/C23H24N4O3S/c1-11-12(2)31-20(24-11)27-19(28)23-7-6-22(5,21(23,3)4)17-18(23)26-14-9-16-15(29-10-30-16)8-13(14)25-17/h8-9H,6-7,10H2,1-5H3,(H,24,27,28). The Bertz CT molecular complexity index is 1280. The lowest BCUT2D eigenvalue weighted by Gasteiger charge is -2.39. The number of carbonyl (C=O) groups is 1. The molecule has 1 N–H and O–H groups in total. The minimum absolute atomic E-state index is 0.0388. The summed E-state index contributed by atoms with van der Waals surface area (Å²) in [6.07, 6.45) is 1.63. The van der Waals surface area contributed by atoms with Gasteiger partial charge in [-0.3, -0.25) is 4.79 Å². The van der Waals surface area contributed by atoms with Crippen molar-refractivity contribution in [2.75, 3.05) is 12.1 Å². The maximum Gasteiger partial charge on any atom is 0.239 e. The number of hydrogen-bond donors (Lipinski definition) is 1. The molecule has 1 aliphatic heterocycles. The third kappa shape index (κ3) is 2.14. The normalized spacial score (nSPS) is 27.0. The van der Waals surface area contributed by atoms with Crippen LogP contribution in [0.3, 0.4) is 0 Å². The van der Waals surface area contributed by atoms with E-state index in [9.17, 15) is 4.79 Å². The Kier molecular flexibility index (Phi) is 3.51. The summed E-state index contributed by atoms with van der Waals surface area (Å²) >= 11 is 1.51. The van der Waals surface area contributed by atoms with Gasteiger partial charge in [0.25, 0.3) is 0 Å². The molecule has 8 heteroatoms. The second-order valence-electron chi connectivity index (χ2n) is 9.59. The number of ether oxygens (including phenoxy) is 2. The number of hydrogen-bond acceptors (Lipinski definition) is 7. The van der Waals surface area contributed by atoms with Gasteiger partial charge in [-0.1, -0.05) is 20.8 Å². The van der Waals surface area contributed by atoms with E-state index in [1.165, 1.54) is 11.3 Å². The van der Waals surface area contributed by atoms with Crippen LogP contribution in [0.25, 0.3) is 11.0 Å². The summed E-state index contributed by atoms with van der Waals surface area (Å²) in [7, 11) is 0. The van der Waals surface area contributed by atoms with Crippen molar-refractivity contribution in [3.05, 3.63) is 34.1 Å². The van der Waals surface area contributed by atoms with Crippen molar-refractivity contribution < 1.29 is 14.3 Å². The Labute approximate surface area is 184 Å². The van der Waals surface area contributed by atoms with Crippen LogP contribution >= 0.6 is 11.3 Å². The molecule has 2 aromatic heterocycles. The van der Waals surface area contributed by atoms with Crippen molar-refractivity contribution in [2.45, 2.75) is 58.3 Å². The molecule has 6 rings (SSSR count). The molecule has 1 saturated carbocycles. The van der Waals surface area contributed by atoms with E-state index in [4.69, 9.17) is 19.4 Å². The van der Waals surface area contributed by atoms with E-state index in [0.717, 1.165) is 45.8 Å². The van der Waals surface area contributed by atoms with Gasteiger partial charge in [0, 0.05) is 22.4 Å². The van der Waals surface area contributed by atoms with Gasteiger partial charge in [-0.25, -0.2) is 15.0 Å². The largest absolute Gasteiger partial charge is 0.454 e. The zero-order valence-corrected chi connectivity index (χ0v) is 19.1. The average Bonchev–Trinajstić information content (AvgIpc) is 3.38. The Morgan fingerprint density at radius 1 is 1.00 bits per heavy atom. The zero-order chi connectivity index (χ0) is 21.8. The van der Waals surface area contributed by atoms with Gasteiger partial charge in [0.15, 0.2) is 16.6 Å². The number of carbonyl (C=O) groups excluding carboxylic acids is 1.